The highest BCUT2D eigenvalue weighted by atomic mass is 32.3. The van der Waals surface area contributed by atoms with Gasteiger partial charge in [-0.1, -0.05) is 12.1 Å². The molecule has 1 heterocycles. The van der Waals surface area contributed by atoms with E-state index in [0.29, 0.717) is 6.42 Å². The number of halogens is 3. The summed E-state index contributed by atoms with van der Waals surface area (Å²) in [4.78, 5) is 27.3. The number of nitrogens with zero attached hydrogens (tertiary/aromatic N) is 2. The van der Waals surface area contributed by atoms with Crippen LogP contribution in [0.15, 0.2) is 58.6 Å². The molecule has 34 heavy (non-hydrogen) atoms. The average Bonchev–Trinajstić information content (AvgIpc) is 2.77. The molecule has 0 saturated carbocycles. The lowest BCUT2D eigenvalue weighted by atomic mass is 9.84. The number of hydrogen-bond acceptors (Lipinski definition) is 5. The van der Waals surface area contributed by atoms with Crippen molar-refractivity contribution in [1.29, 1.82) is 5.26 Å². The molecular formula is C23H20F3N3O4S. The molecule has 0 aromatic heterocycles. The second kappa shape index (κ2) is 8.47. The van der Waals surface area contributed by atoms with Gasteiger partial charge in [-0.05, 0) is 43.2 Å². The van der Waals surface area contributed by atoms with Crippen LogP contribution >= 0.6 is 10.6 Å². The average molecular weight is 491 g/mol. The van der Waals surface area contributed by atoms with Crippen molar-refractivity contribution in [3.63, 3.8) is 0 Å². The zero-order valence-corrected chi connectivity index (χ0v) is 18.7. The minimum Gasteiger partial charge on any atom is -0.326 e. The summed E-state index contributed by atoms with van der Waals surface area (Å²) in [5, 5.41) is 11.9. The number of amides is 2. The molecule has 1 atom stereocenters. The molecule has 0 saturated heterocycles. The van der Waals surface area contributed by atoms with E-state index in [1.165, 1.54) is 36.6 Å². The Morgan fingerprint density at radius 2 is 1.88 bits per heavy atom. The maximum Gasteiger partial charge on any atom is 0.416 e. The summed E-state index contributed by atoms with van der Waals surface area (Å²) in [6.07, 6.45) is -2.58. The van der Waals surface area contributed by atoms with Gasteiger partial charge in [-0.2, -0.15) is 29.0 Å². The van der Waals surface area contributed by atoms with Crippen molar-refractivity contribution in [1.82, 2.24) is 5.32 Å². The van der Waals surface area contributed by atoms with E-state index in [1.54, 1.807) is 0 Å². The number of anilines is 1. The third-order valence-electron chi connectivity index (χ3n) is 5.76. The van der Waals surface area contributed by atoms with Crippen molar-refractivity contribution in [2.45, 2.75) is 36.4 Å². The summed E-state index contributed by atoms with van der Waals surface area (Å²) in [5.41, 5.74) is -0.116. The highest BCUT2D eigenvalue weighted by molar-refractivity contribution is 8.23. The molecule has 178 valence electrons. The van der Waals surface area contributed by atoms with Crippen molar-refractivity contribution >= 4 is 28.1 Å². The van der Waals surface area contributed by atoms with Gasteiger partial charge in [0.05, 0.1) is 33.8 Å². The molecule has 0 fully saturated rings. The number of benzene rings is 2. The van der Waals surface area contributed by atoms with Gasteiger partial charge in [-0.25, -0.2) is 4.79 Å². The van der Waals surface area contributed by atoms with Crippen LogP contribution in [0.2, 0.25) is 0 Å². The molecule has 1 aliphatic heterocycles. The van der Waals surface area contributed by atoms with Crippen LogP contribution in [-0.2, 0) is 11.0 Å². The number of allylic oxidation sites excluding steroid dienone is 1. The molecule has 0 spiro atoms. The van der Waals surface area contributed by atoms with Gasteiger partial charge in [0, 0.05) is 29.5 Å². The Balaban J connectivity index is 1.90. The standard InChI is InChI=1S/C23H20F3N3O4S/c1-34(32,33)19-10-13(12-27)8-9-16(19)21-20-17(6-3-7-18(20)30)29(22(31)28-21)15-5-2-4-14(11-15)23(24,25)26/h2,4-5,8-11,21,32-33H,3,6-7H2,1H3,(H,28,31). The molecule has 1 aliphatic carbocycles. The lowest BCUT2D eigenvalue weighted by Crippen LogP contribution is -2.49. The van der Waals surface area contributed by atoms with E-state index in [2.05, 4.69) is 5.32 Å². The second-order valence-electron chi connectivity index (χ2n) is 8.10. The van der Waals surface area contributed by atoms with Gasteiger partial charge in [0.2, 0.25) is 0 Å². The van der Waals surface area contributed by atoms with Crippen LogP contribution in [0, 0.1) is 11.3 Å². The number of hydrogen-bond donors (Lipinski definition) is 3. The second-order valence-corrected chi connectivity index (χ2v) is 10.2. The highest BCUT2D eigenvalue weighted by Gasteiger charge is 2.41. The van der Waals surface area contributed by atoms with Gasteiger partial charge in [-0.15, -0.1) is 0 Å². The molecule has 2 aliphatic rings. The van der Waals surface area contributed by atoms with Crippen molar-refractivity contribution in [3.8, 4) is 6.07 Å². The molecule has 11 heteroatoms. The zero-order chi connectivity index (χ0) is 24.8. The number of Topliss-reactive ketones (excluding diaryl/α,β-unsaturated/α-hetero) is 1. The summed E-state index contributed by atoms with van der Waals surface area (Å²) in [5.74, 6) is -0.300. The Morgan fingerprint density at radius 3 is 2.53 bits per heavy atom. The van der Waals surface area contributed by atoms with Gasteiger partial charge in [0.25, 0.3) is 0 Å². The van der Waals surface area contributed by atoms with E-state index in [-0.39, 0.29) is 51.6 Å². The first kappa shape index (κ1) is 23.8. The van der Waals surface area contributed by atoms with Crippen LogP contribution in [-0.4, -0.2) is 27.2 Å². The molecule has 1 unspecified atom stereocenters. The van der Waals surface area contributed by atoms with Crippen LogP contribution in [0.25, 0.3) is 0 Å². The Bertz CT molecular complexity index is 1260. The molecule has 2 aromatic rings. The third kappa shape index (κ3) is 4.27. The van der Waals surface area contributed by atoms with Gasteiger partial charge < -0.3 is 5.32 Å². The summed E-state index contributed by atoms with van der Waals surface area (Å²) in [7, 11) is -3.35. The first-order valence-electron chi connectivity index (χ1n) is 10.2. The minimum atomic E-state index is -4.61. The van der Waals surface area contributed by atoms with E-state index in [1.807, 2.05) is 6.07 Å². The Morgan fingerprint density at radius 1 is 1.15 bits per heavy atom. The van der Waals surface area contributed by atoms with E-state index < -0.39 is 34.4 Å². The van der Waals surface area contributed by atoms with E-state index in [9.17, 15) is 37.1 Å². The maximum atomic E-state index is 13.3. The van der Waals surface area contributed by atoms with Crippen molar-refractivity contribution in [2.24, 2.45) is 0 Å². The van der Waals surface area contributed by atoms with Crippen molar-refractivity contribution in [3.05, 3.63) is 70.4 Å². The molecule has 4 rings (SSSR count). The number of nitrogens with one attached hydrogen (secondary N) is 1. The molecule has 7 nitrogen and oxygen atoms in total. The third-order valence-corrected chi connectivity index (χ3v) is 6.95. The largest absolute Gasteiger partial charge is 0.416 e. The van der Waals surface area contributed by atoms with Crippen LogP contribution in [0.3, 0.4) is 0 Å². The maximum absolute atomic E-state index is 13.3. The topological polar surface area (TPSA) is 114 Å². The molecule has 0 bridgehead atoms. The number of carbonyl (C=O) groups excluding carboxylic acids is 2. The fourth-order valence-corrected chi connectivity index (χ4v) is 5.28. The van der Waals surface area contributed by atoms with Gasteiger partial charge >= 0.3 is 12.2 Å². The Kier molecular flexibility index (Phi) is 5.93. The zero-order valence-electron chi connectivity index (χ0n) is 17.9. The summed E-state index contributed by atoms with van der Waals surface area (Å²) >= 11 is 0. The monoisotopic (exact) mass is 491 g/mol. The van der Waals surface area contributed by atoms with Crippen molar-refractivity contribution < 1.29 is 31.9 Å². The van der Waals surface area contributed by atoms with Crippen molar-refractivity contribution in [2.75, 3.05) is 11.2 Å². The lowest BCUT2D eigenvalue weighted by molar-refractivity contribution is -0.137. The van der Waals surface area contributed by atoms with Crippen LogP contribution < -0.4 is 10.2 Å². The first-order chi connectivity index (χ1) is 15.9. The van der Waals surface area contributed by atoms with E-state index in [4.69, 9.17) is 0 Å². The van der Waals surface area contributed by atoms with Crippen LogP contribution in [0.1, 0.15) is 42.0 Å². The molecule has 0 radical (unpaired) electrons. The van der Waals surface area contributed by atoms with Crippen LogP contribution in [0.5, 0.6) is 0 Å². The molecular weight excluding hydrogens is 471 g/mol. The van der Waals surface area contributed by atoms with Gasteiger partial charge in [-0.3, -0.25) is 18.8 Å². The number of ketones is 1. The van der Waals surface area contributed by atoms with E-state index >= 15 is 0 Å². The predicted octanol–water partition coefficient (Wildman–Crippen LogP) is 5.59. The lowest BCUT2D eigenvalue weighted by Gasteiger charge is -2.40. The van der Waals surface area contributed by atoms with E-state index in [0.717, 1.165) is 17.0 Å². The smallest absolute Gasteiger partial charge is 0.326 e. The van der Waals surface area contributed by atoms with Gasteiger partial charge in [0.1, 0.15) is 0 Å². The SMILES string of the molecule is CS(O)(O)c1cc(C#N)ccc1C1NC(=O)N(c2cccc(C(F)(F)F)c2)C2=C1C(=O)CCC2. The molecule has 2 aromatic carbocycles. The summed E-state index contributed by atoms with van der Waals surface area (Å²) in [6.45, 7) is 0. The summed E-state index contributed by atoms with van der Waals surface area (Å²) in [6, 6.07) is 8.57. The van der Waals surface area contributed by atoms with Gasteiger partial charge in [0.15, 0.2) is 5.78 Å². The number of carbonyl (C=O) groups is 2. The number of alkyl halides is 3. The van der Waals surface area contributed by atoms with Crippen LogP contribution in [0.4, 0.5) is 23.7 Å². The molecule has 3 N–H and O–H groups in total. The Hall–Kier alpha value is -3.33. The number of urea groups is 1. The fourth-order valence-electron chi connectivity index (χ4n) is 4.29. The first-order valence-corrected chi connectivity index (χ1v) is 12.2. The number of rotatable bonds is 3. The number of nitriles is 1. The minimum absolute atomic E-state index is 0.00888. The quantitative estimate of drug-likeness (QED) is 0.518. The normalized spacial score (nSPS) is 19.4. The summed E-state index contributed by atoms with van der Waals surface area (Å²) < 4.78 is 60.6. The predicted molar refractivity (Wildman–Crippen MR) is 119 cm³/mol. The molecule has 2 amide bonds. The highest BCUT2D eigenvalue weighted by Crippen LogP contribution is 2.50. The fraction of sp³-hybridized carbons (Fsp3) is 0.261. The Labute approximate surface area is 194 Å².